The first-order valence-electron chi connectivity index (χ1n) is 6.19. The Labute approximate surface area is 121 Å². The molecule has 0 spiro atoms. The minimum absolute atomic E-state index is 0.137. The second kappa shape index (κ2) is 6.55. The Kier molecular flexibility index (Phi) is 4.76. The third-order valence-corrected chi connectivity index (χ3v) is 3.24. The van der Waals surface area contributed by atoms with Crippen molar-refractivity contribution in [2.24, 2.45) is 0 Å². The van der Waals surface area contributed by atoms with E-state index in [4.69, 9.17) is 8.94 Å². The number of nitrogens with zero attached hydrogens (tertiary/aromatic N) is 1. The van der Waals surface area contributed by atoms with Crippen LogP contribution in [0.25, 0.3) is 11.5 Å². The van der Waals surface area contributed by atoms with Crippen LogP contribution in [-0.4, -0.2) is 38.8 Å². The van der Waals surface area contributed by atoms with Crippen molar-refractivity contribution in [3.8, 4) is 11.5 Å². The van der Waals surface area contributed by atoms with E-state index in [2.05, 4.69) is 15.2 Å². The molecule has 114 valence electrons. The summed E-state index contributed by atoms with van der Waals surface area (Å²) in [6.45, 7) is 0.583. The molecule has 0 aromatic carbocycles. The average molecular weight is 313 g/mol. The maximum atomic E-state index is 11.8. The summed E-state index contributed by atoms with van der Waals surface area (Å²) in [4.78, 5) is 11.8. The molecule has 0 atom stereocenters. The van der Waals surface area contributed by atoms with Gasteiger partial charge in [-0.05, 0) is 18.6 Å². The number of sulfonamides is 1. The smallest absolute Gasteiger partial charge is 0.273 e. The van der Waals surface area contributed by atoms with Gasteiger partial charge in [0.2, 0.25) is 15.8 Å². The van der Waals surface area contributed by atoms with Crippen LogP contribution in [0, 0.1) is 0 Å². The van der Waals surface area contributed by atoms with Crippen LogP contribution in [0.1, 0.15) is 16.9 Å². The van der Waals surface area contributed by atoms with Gasteiger partial charge in [0, 0.05) is 19.2 Å². The Balaban J connectivity index is 1.79. The molecule has 0 fully saturated rings. The first kappa shape index (κ1) is 15.3. The Bertz CT molecular complexity index is 690. The van der Waals surface area contributed by atoms with E-state index in [0.29, 0.717) is 24.5 Å². The lowest BCUT2D eigenvalue weighted by Crippen LogP contribution is -2.29. The molecule has 1 amide bonds. The number of aromatic nitrogens is 1. The molecule has 0 unspecified atom stereocenters. The van der Waals surface area contributed by atoms with Crippen LogP contribution in [0.5, 0.6) is 0 Å². The van der Waals surface area contributed by atoms with Crippen LogP contribution in [0.4, 0.5) is 0 Å². The van der Waals surface area contributed by atoms with Crippen molar-refractivity contribution in [2.75, 3.05) is 19.3 Å². The lowest BCUT2D eigenvalue weighted by Gasteiger charge is -2.03. The summed E-state index contributed by atoms with van der Waals surface area (Å²) in [5, 5.41) is 6.27. The molecule has 8 nitrogen and oxygen atoms in total. The Morgan fingerprint density at radius 3 is 2.81 bits per heavy atom. The zero-order chi connectivity index (χ0) is 15.3. The summed E-state index contributed by atoms with van der Waals surface area (Å²) in [6, 6.07) is 4.87. The van der Waals surface area contributed by atoms with E-state index in [1.54, 1.807) is 12.1 Å². The fourth-order valence-corrected chi connectivity index (χ4v) is 2.07. The van der Waals surface area contributed by atoms with Gasteiger partial charge in [-0.3, -0.25) is 4.79 Å². The molecule has 2 aromatic rings. The summed E-state index contributed by atoms with van der Waals surface area (Å²) < 4.78 is 34.1. The van der Waals surface area contributed by atoms with Gasteiger partial charge in [-0.2, -0.15) is 0 Å². The lowest BCUT2D eigenvalue weighted by molar-refractivity contribution is 0.0944. The maximum Gasteiger partial charge on any atom is 0.273 e. The largest absolute Gasteiger partial charge is 0.461 e. The highest BCUT2D eigenvalue weighted by atomic mass is 32.2. The van der Waals surface area contributed by atoms with Gasteiger partial charge >= 0.3 is 0 Å². The van der Waals surface area contributed by atoms with Crippen LogP contribution in [0.15, 0.2) is 33.4 Å². The van der Waals surface area contributed by atoms with Crippen LogP contribution in [-0.2, 0) is 10.0 Å². The van der Waals surface area contributed by atoms with Crippen molar-refractivity contribution in [3.05, 3.63) is 30.2 Å². The van der Waals surface area contributed by atoms with E-state index in [0.717, 1.165) is 6.26 Å². The number of furan rings is 1. The number of nitrogens with one attached hydrogen (secondary N) is 2. The number of hydrogen-bond acceptors (Lipinski definition) is 6. The van der Waals surface area contributed by atoms with E-state index >= 15 is 0 Å². The topological polar surface area (TPSA) is 114 Å². The normalized spacial score (nSPS) is 11.5. The molecule has 2 aromatic heterocycles. The van der Waals surface area contributed by atoms with Gasteiger partial charge in [-0.15, -0.1) is 0 Å². The summed E-state index contributed by atoms with van der Waals surface area (Å²) in [6.07, 6.45) is 3.05. The summed E-state index contributed by atoms with van der Waals surface area (Å²) in [5.41, 5.74) is 0.137. The van der Waals surface area contributed by atoms with Crippen molar-refractivity contribution in [2.45, 2.75) is 6.42 Å². The number of hydrogen-bond donors (Lipinski definition) is 2. The second-order valence-electron chi connectivity index (χ2n) is 4.33. The Morgan fingerprint density at radius 2 is 2.14 bits per heavy atom. The Hall–Kier alpha value is -2.13. The van der Waals surface area contributed by atoms with Crippen molar-refractivity contribution in [1.82, 2.24) is 15.2 Å². The maximum absolute atomic E-state index is 11.8. The van der Waals surface area contributed by atoms with E-state index in [-0.39, 0.29) is 12.2 Å². The van der Waals surface area contributed by atoms with Gasteiger partial charge in [-0.25, -0.2) is 13.1 Å². The highest BCUT2D eigenvalue weighted by Crippen LogP contribution is 2.20. The fraction of sp³-hybridized carbons (Fsp3) is 0.333. The van der Waals surface area contributed by atoms with Gasteiger partial charge in [0.1, 0.15) is 0 Å². The predicted molar refractivity (Wildman–Crippen MR) is 74.0 cm³/mol. The SMILES string of the molecule is CS(=O)(=O)NCCCNC(=O)c1cc(-c2ccco2)on1. The number of carbonyl (C=O) groups excluding carboxylic acids is 1. The first-order valence-corrected chi connectivity index (χ1v) is 8.08. The molecule has 0 saturated carbocycles. The Morgan fingerprint density at radius 1 is 1.33 bits per heavy atom. The highest BCUT2D eigenvalue weighted by Gasteiger charge is 2.14. The zero-order valence-electron chi connectivity index (χ0n) is 11.3. The van der Waals surface area contributed by atoms with Crippen LogP contribution >= 0.6 is 0 Å². The van der Waals surface area contributed by atoms with Gasteiger partial charge < -0.3 is 14.3 Å². The number of rotatable bonds is 7. The van der Waals surface area contributed by atoms with E-state index in [1.165, 1.54) is 12.3 Å². The molecule has 0 aliphatic heterocycles. The molecule has 9 heteroatoms. The third kappa shape index (κ3) is 4.72. The molecule has 0 saturated heterocycles. The van der Waals surface area contributed by atoms with Crippen LogP contribution in [0.2, 0.25) is 0 Å². The van der Waals surface area contributed by atoms with Crippen LogP contribution < -0.4 is 10.0 Å². The quantitative estimate of drug-likeness (QED) is 0.724. The van der Waals surface area contributed by atoms with Gasteiger partial charge in [0.15, 0.2) is 11.5 Å². The van der Waals surface area contributed by atoms with Crippen molar-refractivity contribution >= 4 is 15.9 Å². The minimum Gasteiger partial charge on any atom is -0.461 e. The lowest BCUT2D eigenvalue weighted by atomic mass is 10.3. The van der Waals surface area contributed by atoms with E-state index < -0.39 is 15.9 Å². The molecular weight excluding hydrogens is 298 g/mol. The molecule has 0 aliphatic carbocycles. The average Bonchev–Trinajstić information content (AvgIpc) is 3.07. The molecule has 0 aliphatic rings. The first-order chi connectivity index (χ1) is 9.96. The molecule has 2 heterocycles. The molecule has 0 radical (unpaired) electrons. The summed E-state index contributed by atoms with van der Waals surface area (Å²) >= 11 is 0. The van der Waals surface area contributed by atoms with Crippen molar-refractivity contribution < 1.29 is 22.2 Å². The highest BCUT2D eigenvalue weighted by molar-refractivity contribution is 7.88. The summed E-state index contributed by atoms with van der Waals surface area (Å²) in [7, 11) is -3.20. The van der Waals surface area contributed by atoms with Gasteiger partial charge in [-0.1, -0.05) is 5.16 Å². The fourth-order valence-electron chi connectivity index (χ4n) is 1.56. The van der Waals surface area contributed by atoms with Crippen molar-refractivity contribution in [1.29, 1.82) is 0 Å². The van der Waals surface area contributed by atoms with Crippen LogP contribution in [0.3, 0.4) is 0 Å². The standard InChI is InChI=1S/C12H15N3O5S/c1-21(17,18)14-6-3-5-13-12(16)9-8-11(20-15-9)10-4-2-7-19-10/h2,4,7-8,14H,3,5-6H2,1H3,(H,13,16). The molecule has 2 N–H and O–H groups in total. The molecule has 2 rings (SSSR count). The second-order valence-corrected chi connectivity index (χ2v) is 6.16. The molecule has 21 heavy (non-hydrogen) atoms. The number of carbonyl (C=O) groups is 1. The monoisotopic (exact) mass is 313 g/mol. The molecule has 0 bridgehead atoms. The predicted octanol–water partition coefficient (Wildman–Crippen LogP) is 0.604. The van der Waals surface area contributed by atoms with Gasteiger partial charge in [0.05, 0.1) is 12.5 Å². The van der Waals surface area contributed by atoms with Gasteiger partial charge in [0.25, 0.3) is 5.91 Å². The van der Waals surface area contributed by atoms with E-state index in [9.17, 15) is 13.2 Å². The van der Waals surface area contributed by atoms with E-state index in [1.807, 2.05) is 0 Å². The summed E-state index contributed by atoms with van der Waals surface area (Å²) in [5.74, 6) is 0.457. The minimum atomic E-state index is -3.20. The van der Waals surface area contributed by atoms with Crippen molar-refractivity contribution in [3.63, 3.8) is 0 Å². The molecular formula is C12H15N3O5S. The number of amides is 1. The zero-order valence-corrected chi connectivity index (χ0v) is 12.1. The third-order valence-electron chi connectivity index (χ3n) is 2.51.